The molecule has 0 spiro atoms. The molecule has 2 aromatic carbocycles. The van der Waals surface area contributed by atoms with Gasteiger partial charge in [-0.15, -0.1) is 0 Å². The molecule has 168 valence electrons. The fraction of sp³-hybridized carbons (Fsp3) is 0.462. The van der Waals surface area contributed by atoms with Gasteiger partial charge in [0.15, 0.2) is 0 Å². The van der Waals surface area contributed by atoms with Gasteiger partial charge in [-0.2, -0.15) is 5.26 Å². The van der Waals surface area contributed by atoms with E-state index in [1.165, 1.54) is 37.9 Å². The van der Waals surface area contributed by atoms with Crippen LogP contribution in [0.25, 0.3) is 0 Å². The van der Waals surface area contributed by atoms with Crippen LogP contribution in [-0.2, 0) is 13.1 Å². The monoisotopic (exact) mass is 431 g/mol. The second kappa shape index (κ2) is 11.0. The summed E-state index contributed by atoms with van der Waals surface area (Å²) >= 11 is 0. The fourth-order valence-electron chi connectivity index (χ4n) is 4.59. The van der Waals surface area contributed by atoms with E-state index in [4.69, 9.17) is 5.26 Å². The highest BCUT2D eigenvalue weighted by Gasteiger charge is 2.21. The van der Waals surface area contributed by atoms with Gasteiger partial charge in [0, 0.05) is 37.9 Å². The third-order valence-electron chi connectivity index (χ3n) is 6.52. The molecule has 4 rings (SSSR count). The lowest BCUT2D eigenvalue weighted by molar-refractivity contribution is 0.221. The van der Waals surface area contributed by atoms with Crippen molar-refractivity contribution in [1.29, 1.82) is 5.26 Å². The van der Waals surface area contributed by atoms with Gasteiger partial charge in [-0.05, 0) is 74.2 Å². The molecule has 6 nitrogen and oxygen atoms in total. The van der Waals surface area contributed by atoms with Gasteiger partial charge in [0.1, 0.15) is 0 Å². The van der Waals surface area contributed by atoms with Crippen molar-refractivity contribution in [2.75, 3.05) is 31.1 Å². The van der Waals surface area contributed by atoms with Gasteiger partial charge >= 0.3 is 6.03 Å². The molecule has 0 radical (unpaired) electrons. The quantitative estimate of drug-likeness (QED) is 0.725. The number of urea groups is 1. The average molecular weight is 432 g/mol. The second-order valence-corrected chi connectivity index (χ2v) is 8.90. The van der Waals surface area contributed by atoms with Crippen LogP contribution in [-0.4, -0.2) is 43.2 Å². The second-order valence-electron chi connectivity index (χ2n) is 8.90. The van der Waals surface area contributed by atoms with Crippen molar-refractivity contribution in [2.24, 2.45) is 0 Å². The van der Waals surface area contributed by atoms with E-state index in [9.17, 15) is 4.79 Å². The molecule has 2 heterocycles. The zero-order chi connectivity index (χ0) is 22.2. The van der Waals surface area contributed by atoms with Crippen LogP contribution in [0.3, 0.4) is 0 Å². The number of hydrogen-bond acceptors (Lipinski definition) is 4. The molecule has 0 aromatic heterocycles. The molecule has 6 heteroatoms. The van der Waals surface area contributed by atoms with Crippen molar-refractivity contribution in [3.05, 3.63) is 65.2 Å². The first-order valence-electron chi connectivity index (χ1n) is 11.8. The van der Waals surface area contributed by atoms with E-state index in [0.717, 1.165) is 43.7 Å². The zero-order valence-electron chi connectivity index (χ0n) is 18.7. The molecule has 2 N–H and O–H groups in total. The summed E-state index contributed by atoms with van der Waals surface area (Å²) in [5.74, 6) is 0. The van der Waals surface area contributed by atoms with Crippen LogP contribution in [0.1, 0.15) is 48.8 Å². The number of nitriles is 1. The Balaban J connectivity index is 1.16. The lowest BCUT2D eigenvalue weighted by Crippen LogP contribution is -2.47. The molecule has 2 fully saturated rings. The minimum absolute atomic E-state index is 0.0979. The normalized spacial score (nSPS) is 17.5. The Labute approximate surface area is 191 Å². The van der Waals surface area contributed by atoms with Gasteiger partial charge in [0.25, 0.3) is 0 Å². The van der Waals surface area contributed by atoms with E-state index in [-0.39, 0.29) is 12.1 Å². The van der Waals surface area contributed by atoms with Gasteiger partial charge in [0.2, 0.25) is 0 Å². The number of amides is 2. The summed E-state index contributed by atoms with van der Waals surface area (Å²) in [5, 5.41) is 15.1. The van der Waals surface area contributed by atoms with E-state index in [1.54, 1.807) is 0 Å². The molecule has 2 saturated heterocycles. The lowest BCUT2D eigenvalue weighted by Gasteiger charge is -2.34. The van der Waals surface area contributed by atoms with Crippen molar-refractivity contribution < 1.29 is 4.79 Å². The number of hydrogen-bond donors (Lipinski definition) is 2. The molecule has 0 aliphatic carbocycles. The van der Waals surface area contributed by atoms with Crippen molar-refractivity contribution in [3.8, 4) is 6.07 Å². The number of carbonyl (C=O) groups excluding carboxylic acids is 1. The average Bonchev–Trinajstić information content (AvgIpc) is 2.85. The van der Waals surface area contributed by atoms with Gasteiger partial charge in [-0.3, -0.25) is 4.90 Å². The Morgan fingerprint density at radius 3 is 2.22 bits per heavy atom. The Morgan fingerprint density at radius 1 is 0.906 bits per heavy atom. The Hall–Kier alpha value is -3.04. The summed E-state index contributed by atoms with van der Waals surface area (Å²) < 4.78 is 0. The smallest absolute Gasteiger partial charge is 0.315 e. The Morgan fingerprint density at radius 2 is 1.56 bits per heavy atom. The highest BCUT2D eigenvalue weighted by molar-refractivity contribution is 5.74. The van der Waals surface area contributed by atoms with Crippen LogP contribution < -0.4 is 15.5 Å². The van der Waals surface area contributed by atoms with Crippen LogP contribution in [0, 0.1) is 11.3 Å². The molecule has 32 heavy (non-hydrogen) atoms. The number of likely N-dealkylation sites (tertiary alicyclic amines) is 1. The summed E-state index contributed by atoms with van der Waals surface area (Å²) in [6.07, 6.45) is 5.81. The number of benzene rings is 2. The van der Waals surface area contributed by atoms with Crippen LogP contribution >= 0.6 is 0 Å². The van der Waals surface area contributed by atoms with Crippen molar-refractivity contribution in [3.63, 3.8) is 0 Å². The zero-order valence-corrected chi connectivity index (χ0v) is 18.7. The first-order chi connectivity index (χ1) is 15.7. The number of carbonyl (C=O) groups is 1. The van der Waals surface area contributed by atoms with Crippen molar-refractivity contribution in [1.82, 2.24) is 15.5 Å². The first-order valence-corrected chi connectivity index (χ1v) is 11.8. The molecule has 2 aliphatic rings. The summed E-state index contributed by atoms with van der Waals surface area (Å²) in [5.41, 5.74) is 4.28. The summed E-state index contributed by atoms with van der Waals surface area (Å²) in [7, 11) is 0. The Bertz CT molecular complexity index is 905. The predicted octanol–water partition coefficient (Wildman–Crippen LogP) is 4.01. The molecule has 2 amide bonds. The lowest BCUT2D eigenvalue weighted by atomic mass is 10.0. The largest absolute Gasteiger partial charge is 0.371 e. The van der Waals surface area contributed by atoms with Gasteiger partial charge in [-0.25, -0.2) is 4.79 Å². The SMILES string of the molecule is N#Cc1ccc(N2CCC(NC(=O)NCc3ccc(CN4CCCCC4)cc3)CC2)cc1. The summed E-state index contributed by atoms with van der Waals surface area (Å²) in [4.78, 5) is 17.2. The summed E-state index contributed by atoms with van der Waals surface area (Å²) in [6, 6.07) is 18.6. The van der Waals surface area contributed by atoms with Crippen LogP contribution in [0.2, 0.25) is 0 Å². The third-order valence-corrected chi connectivity index (χ3v) is 6.52. The van der Waals surface area contributed by atoms with Gasteiger partial charge < -0.3 is 15.5 Å². The van der Waals surface area contributed by atoms with Crippen molar-refractivity contribution >= 4 is 11.7 Å². The number of nitrogens with one attached hydrogen (secondary N) is 2. The fourth-order valence-corrected chi connectivity index (χ4v) is 4.59. The van der Waals surface area contributed by atoms with E-state index < -0.39 is 0 Å². The number of piperidine rings is 2. The maximum atomic E-state index is 12.4. The number of anilines is 1. The van der Waals surface area contributed by atoms with E-state index in [1.807, 2.05) is 24.3 Å². The number of rotatable bonds is 6. The molecule has 0 bridgehead atoms. The molecule has 0 saturated carbocycles. The first kappa shape index (κ1) is 22.2. The van der Waals surface area contributed by atoms with E-state index in [2.05, 4.69) is 50.8 Å². The van der Waals surface area contributed by atoms with Gasteiger partial charge in [0.05, 0.1) is 11.6 Å². The van der Waals surface area contributed by atoms with E-state index in [0.29, 0.717) is 12.1 Å². The molecule has 0 atom stereocenters. The molecule has 2 aromatic rings. The van der Waals surface area contributed by atoms with E-state index >= 15 is 0 Å². The van der Waals surface area contributed by atoms with Crippen LogP contribution in [0.15, 0.2) is 48.5 Å². The summed E-state index contributed by atoms with van der Waals surface area (Å²) in [6.45, 7) is 5.77. The minimum Gasteiger partial charge on any atom is -0.371 e. The molecular formula is C26H33N5O. The highest BCUT2D eigenvalue weighted by atomic mass is 16.2. The molecular weight excluding hydrogens is 398 g/mol. The maximum Gasteiger partial charge on any atom is 0.315 e. The maximum absolute atomic E-state index is 12.4. The minimum atomic E-state index is -0.0979. The van der Waals surface area contributed by atoms with Crippen LogP contribution in [0.4, 0.5) is 10.5 Å². The topological polar surface area (TPSA) is 71.4 Å². The van der Waals surface area contributed by atoms with Crippen LogP contribution in [0.5, 0.6) is 0 Å². The molecule has 0 unspecified atom stereocenters. The standard InChI is InChI=1S/C26H33N5O/c27-18-21-8-10-25(11-9-21)31-16-12-24(13-17-31)29-26(32)28-19-22-4-6-23(7-5-22)20-30-14-2-1-3-15-30/h4-11,24H,1-3,12-17,19-20H2,(H2,28,29,32). The Kier molecular flexibility index (Phi) is 7.63. The predicted molar refractivity (Wildman–Crippen MR) is 127 cm³/mol. The number of nitrogens with zero attached hydrogens (tertiary/aromatic N) is 3. The van der Waals surface area contributed by atoms with Crippen molar-refractivity contribution in [2.45, 2.75) is 51.2 Å². The highest BCUT2D eigenvalue weighted by Crippen LogP contribution is 2.20. The molecule has 2 aliphatic heterocycles. The third kappa shape index (κ3) is 6.24. The van der Waals surface area contributed by atoms with Gasteiger partial charge in [-0.1, -0.05) is 30.7 Å².